The molecular formula is C9H9FN2O2. The summed E-state index contributed by atoms with van der Waals surface area (Å²) in [6.45, 7) is 0.155. The molecule has 0 aliphatic carbocycles. The number of primary amides is 1. The SMILES string of the molecule is NC(=O)C(=O)NCc1ccc(F)cc1. The number of carbonyl (C=O) groups is 2. The van der Waals surface area contributed by atoms with E-state index in [1.807, 2.05) is 0 Å². The van der Waals surface area contributed by atoms with Crippen LogP contribution in [0.4, 0.5) is 4.39 Å². The lowest BCUT2D eigenvalue weighted by Gasteiger charge is -2.01. The summed E-state index contributed by atoms with van der Waals surface area (Å²) in [5.74, 6) is -2.24. The van der Waals surface area contributed by atoms with Crippen molar-refractivity contribution in [2.45, 2.75) is 6.54 Å². The third-order valence-corrected chi connectivity index (χ3v) is 1.59. The molecule has 0 saturated carbocycles. The van der Waals surface area contributed by atoms with E-state index in [1.165, 1.54) is 24.3 Å². The average molecular weight is 196 g/mol. The summed E-state index contributed by atoms with van der Waals surface area (Å²) in [6.07, 6.45) is 0. The number of carbonyl (C=O) groups excluding carboxylic acids is 2. The number of halogens is 1. The molecule has 0 bridgehead atoms. The molecule has 1 rings (SSSR count). The van der Waals surface area contributed by atoms with Gasteiger partial charge in [0.1, 0.15) is 5.82 Å². The molecule has 0 aliphatic rings. The normalized spacial score (nSPS) is 9.50. The topological polar surface area (TPSA) is 72.2 Å². The van der Waals surface area contributed by atoms with Gasteiger partial charge < -0.3 is 11.1 Å². The van der Waals surface area contributed by atoms with Gasteiger partial charge in [-0.15, -0.1) is 0 Å². The Morgan fingerprint density at radius 1 is 1.29 bits per heavy atom. The van der Waals surface area contributed by atoms with Crippen LogP contribution >= 0.6 is 0 Å². The van der Waals surface area contributed by atoms with E-state index in [4.69, 9.17) is 5.73 Å². The minimum absolute atomic E-state index is 0.155. The lowest BCUT2D eigenvalue weighted by Crippen LogP contribution is -2.35. The fraction of sp³-hybridized carbons (Fsp3) is 0.111. The van der Waals surface area contributed by atoms with Crippen molar-refractivity contribution >= 4 is 11.8 Å². The summed E-state index contributed by atoms with van der Waals surface area (Å²) in [4.78, 5) is 21.0. The second-order valence-corrected chi connectivity index (χ2v) is 2.67. The van der Waals surface area contributed by atoms with Crippen LogP contribution in [0.15, 0.2) is 24.3 Å². The van der Waals surface area contributed by atoms with Gasteiger partial charge in [-0.05, 0) is 17.7 Å². The zero-order valence-electron chi connectivity index (χ0n) is 7.29. The maximum absolute atomic E-state index is 12.5. The molecule has 0 heterocycles. The molecule has 2 amide bonds. The molecule has 0 spiro atoms. The highest BCUT2D eigenvalue weighted by Crippen LogP contribution is 2.01. The van der Waals surface area contributed by atoms with Gasteiger partial charge >= 0.3 is 11.8 Å². The van der Waals surface area contributed by atoms with Gasteiger partial charge in [0.2, 0.25) is 0 Å². The van der Waals surface area contributed by atoms with Crippen LogP contribution in [0.5, 0.6) is 0 Å². The first kappa shape index (κ1) is 10.2. The Bertz CT molecular complexity index is 348. The predicted molar refractivity (Wildman–Crippen MR) is 47.4 cm³/mol. The zero-order chi connectivity index (χ0) is 10.6. The first-order chi connectivity index (χ1) is 6.59. The fourth-order valence-electron chi connectivity index (χ4n) is 0.872. The van der Waals surface area contributed by atoms with Crippen LogP contribution in [0.3, 0.4) is 0 Å². The maximum atomic E-state index is 12.5. The van der Waals surface area contributed by atoms with E-state index >= 15 is 0 Å². The summed E-state index contributed by atoms with van der Waals surface area (Å²) >= 11 is 0. The van der Waals surface area contributed by atoms with Crippen LogP contribution in [-0.4, -0.2) is 11.8 Å². The van der Waals surface area contributed by atoms with E-state index in [1.54, 1.807) is 0 Å². The van der Waals surface area contributed by atoms with Crippen molar-refractivity contribution in [3.05, 3.63) is 35.6 Å². The minimum Gasteiger partial charge on any atom is -0.361 e. The van der Waals surface area contributed by atoms with Crippen LogP contribution in [0.1, 0.15) is 5.56 Å². The maximum Gasteiger partial charge on any atom is 0.309 e. The van der Waals surface area contributed by atoms with Gasteiger partial charge in [0.25, 0.3) is 0 Å². The number of amides is 2. The van der Waals surface area contributed by atoms with Gasteiger partial charge in [0.15, 0.2) is 0 Å². The highest BCUT2D eigenvalue weighted by atomic mass is 19.1. The molecule has 0 unspecified atom stereocenters. The van der Waals surface area contributed by atoms with Gasteiger partial charge in [0, 0.05) is 6.54 Å². The number of benzene rings is 1. The van der Waals surface area contributed by atoms with E-state index < -0.39 is 11.8 Å². The lowest BCUT2D eigenvalue weighted by molar-refractivity contribution is -0.137. The van der Waals surface area contributed by atoms with Crippen LogP contribution < -0.4 is 11.1 Å². The number of hydrogen-bond donors (Lipinski definition) is 2. The van der Waals surface area contributed by atoms with E-state index in [0.717, 1.165) is 0 Å². The molecule has 0 aliphatic heterocycles. The first-order valence-corrected chi connectivity index (χ1v) is 3.91. The van der Waals surface area contributed by atoms with Crippen molar-refractivity contribution in [3.63, 3.8) is 0 Å². The van der Waals surface area contributed by atoms with E-state index in [9.17, 15) is 14.0 Å². The van der Waals surface area contributed by atoms with Crippen molar-refractivity contribution in [1.82, 2.24) is 5.32 Å². The summed E-state index contributed by atoms with van der Waals surface area (Å²) in [6, 6.07) is 5.56. The Hall–Kier alpha value is -1.91. The highest BCUT2D eigenvalue weighted by Gasteiger charge is 2.06. The van der Waals surface area contributed by atoms with E-state index in [-0.39, 0.29) is 12.4 Å². The van der Waals surface area contributed by atoms with Gasteiger partial charge in [-0.2, -0.15) is 0 Å². The number of nitrogens with two attached hydrogens (primary N) is 1. The predicted octanol–water partition coefficient (Wildman–Crippen LogP) is -0.0728. The lowest BCUT2D eigenvalue weighted by atomic mass is 10.2. The van der Waals surface area contributed by atoms with Gasteiger partial charge in [0.05, 0.1) is 0 Å². The van der Waals surface area contributed by atoms with Crippen molar-refractivity contribution < 1.29 is 14.0 Å². The third kappa shape index (κ3) is 2.85. The molecule has 1 aromatic rings. The Balaban J connectivity index is 2.50. The average Bonchev–Trinajstić information content (AvgIpc) is 2.16. The van der Waals surface area contributed by atoms with Crippen LogP contribution in [0.2, 0.25) is 0 Å². The molecule has 4 nitrogen and oxygen atoms in total. The minimum atomic E-state index is -1.04. The molecule has 3 N–H and O–H groups in total. The summed E-state index contributed by atoms with van der Waals surface area (Å²) in [7, 11) is 0. The monoisotopic (exact) mass is 196 g/mol. The zero-order valence-corrected chi connectivity index (χ0v) is 7.29. The van der Waals surface area contributed by atoms with Crippen molar-refractivity contribution in [2.75, 3.05) is 0 Å². The quantitative estimate of drug-likeness (QED) is 0.650. The van der Waals surface area contributed by atoms with E-state index in [0.29, 0.717) is 5.56 Å². The summed E-state index contributed by atoms with van der Waals surface area (Å²) in [5.41, 5.74) is 5.41. The van der Waals surface area contributed by atoms with Gasteiger partial charge in [-0.3, -0.25) is 9.59 Å². The summed E-state index contributed by atoms with van der Waals surface area (Å²) in [5, 5.41) is 2.28. The Morgan fingerprint density at radius 3 is 2.36 bits per heavy atom. The fourth-order valence-corrected chi connectivity index (χ4v) is 0.872. The standard InChI is InChI=1S/C9H9FN2O2/c10-7-3-1-6(2-4-7)5-12-9(14)8(11)13/h1-4H,5H2,(H2,11,13)(H,12,14). The third-order valence-electron chi connectivity index (χ3n) is 1.59. The Labute approximate surface area is 79.9 Å². The Kier molecular flexibility index (Phi) is 3.17. The molecule has 0 fully saturated rings. The van der Waals surface area contributed by atoms with Crippen LogP contribution in [-0.2, 0) is 16.1 Å². The second kappa shape index (κ2) is 4.36. The molecule has 1 aromatic carbocycles. The molecule has 5 heteroatoms. The first-order valence-electron chi connectivity index (χ1n) is 3.91. The number of rotatable bonds is 2. The molecular weight excluding hydrogens is 187 g/mol. The highest BCUT2D eigenvalue weighted by molar-refractivity contribution is 6.34. The molecule has 74 valence electrons. The van der Waals surface area contributed by atoms with Crippen molar-refractivity contribution in [2.24, 2.45) is 5.73 Å². The number of nitrogens with one attached hydrogen (secondary N) is 1. The number of hydrogen-bond acceptors (Lipinski definition) is 2. The van der Waals surface area contributed by atoms with E-state index in [2.05, 4.69) is 5.32 Å². The molecule has 0 atom stereocenters. The Morgan fingerprint density at radius 2 is 1.86 bits per heavy atom. The largest absolute Gasteiger partial charge is 0.361 e. The molecule has 0 saturated heterocycles. The van der Waals surface area contributed by atoms with Crippen molar-refractivity contribution in [1.29, 1.82) is 0 Å². The van der Waals surface area contributed by atoms with Gasteiger partial charge in [-0.1, -0.05) is 12.1 Å². The second-order valence-electron chi connectivity index (χ2n) is 2.67. The van der Waals surface area contributed by atoms with Gasteiger partial charge in [-0.25, -0.2) is 4.39 Å². The molecule has 0 radical (unpaired) electrons. The molecule has 14 heavy (non-hydrogen) atoms. The summed E-state index contributed by atoms with van der Waals surface area (Å²) < 4.78 is 12.5. The van der Waals surface area contributed by atoms with Crippen LogP contribution in [0, 0.1) is 5.82 Å². The smallest absolute Gasteiger partial charge is 0.309 e. The van der Waals surface area contributed by atoms with Crippen molar-refractivity contribution in [3.8, 4) is 0 Å². The van der Waals surface area contributed by atoms with Crippen LogP contribution in [0.25, 0.3) is 0 Å². The molecule has 0 aromatic heterocycles.